The number of rotatable bonds is 3. The van der Waals surface area contributed by atoms with Gasteiger partial charge in [0.25, 0.3) is 0 Å². The van der Waals surface area contributed by atoms with E-state index in [9.17, 15) is 10.4 Å². The number of hydrogen-bond acceptors (Lipinski definition) is 5. The second-order valence-electron chi connectivity index (χ2n) is 5.26. The van der Waals surface area contributed by atoms with Gasteiger partial charge in [-0.1, -0.05) is 26.0 Å². The Morgan fingerprint density at radius 1 is 1.29 bits per heavy atom. The number of aromatic nitrogens is 1. The van der Waals surface area contributed by atoms with Crippen LogP contribution in [-0.2, 0) is 0 Å². The lowest BCUT2D eigenvalue weighted by Gasteiger charge is -2.19. The molecule has 2 rings (SSSR count). The zero-order chi connectivity index (χ0) is 15.6. The summed E-state index contributed by atoms with van der Waals surface area (Å²) in [5.74, 6) is 0.388. The van der Waals surface area contributed by atoms with Gasteiger partial charge in [0.1, 0.15) is 17.6 Å². The summed E-state index contributed by atoms with van der Waals surface area (Å²) in [4.78, 5) is 4.22. The number of phenols is 1. The summed E-state index contributed by atoms with van der Waals surface area (Å²) < 4.78 is 0. The van der Waals surface area contributed by atoms with Gasteiger partial charge in [-0.05, 0) is 29.7 Å². The van der Waals surface area contributed by atoms with E-state index in [1.54, 1.807) is 30.3 Å². The lowest BCUT2D eigenvalue weighted by atomic mass is 9.92. The van der Waals surface area contributed by atoms with Gasteiger partial charge >= 0.3 is 0 Å². The van der Waals surface area contributed by atoms with Gasteiger partial charge in [0.05, 0.1) is 11.3 Å². The Kier molecular flexibility index (Phi) is 4.10. The van der Waals surface area contributed by atoms with Crippen molar-refractivity contribution in [3.8, 4) is 23.1 Å². The van der Waals surface area contributed by atoms with Crippen LogP contribution < -0.4 is 11.5 Å². The summed E-state index contributed by atoms with van der Waals surface area (Å²) >= 11 is 0. The minimum absolute atomic E-state index is 0.109. The fraction of sp³-hybridized carbons (Fsp3) is 0.250. The standard InChI is InChI=1S/C16H18N4O/c1-9(2)15(18)11-7-13(20-16(19)12(11)8-17)10-5-3-4-6-14(10)21/h3-7,9,15,21H,18H2,1-2H3,(H2,19,20). The van der Waals surface area contributed by atoms with Gasteiger partial charge in [-0.25, -0.2) is 4.98 Å². The molecule has 0 saturated heterocycles. The number of nitrogens with zero attached hydrogens (tertiary/aromatic N) is 2. The Morgan fingerprint density at radius 2 is 1.95 bits per heavy atom. The zero-order valence-electron chi connectivity index (χ0n) is 12.0. The van der Waals surface area contributed by atoms with Crippen LogP contribution in [0.1, 0.15) is 31.0 Å². The van der Waals surface area contributed by atoms with Gasteiger partial charge in [0.2, 0.25) is 0 Å². The van der Waals surface area contributed by atoms with Crippen molar-refractivity contribution in [1.82, 2.24) is 4.98 Å². The molecule has 0 aliphatic rings. The molecule has 0 bridgehead atoms. The number of anilines is 1. The number of nitrogen functional groups attached to an aromatic ring is 1. The van der Waals surface area contributed by atoms with Crippen LogP contribution in [0.5, 0.6) is 5.75 Å². The molecule has 0 spiro atoms. The highest BCUT2D eigenvalue weighted by Gasteiger charge is 2.20. The number of nitrogens with two attached hydrogens (primary N) is 2. The van der Waals surface area contributed by atoms with Crippen LogP contribution in [0.3, 0.4) is 0 Å². The van der Waals surface area contributed by atoms with Crippen molar-refractivity contribution in [3.05, 3.63) is 41.5 Å². The Labute approximate surface area is 123 Å². The fourth-order valence-electron chi connectivity index (χ4n) is 2.16. The number of benzene rings is 1. The van der Waals surface area contributed by atoms with E-state index < -0.39 is 0 Å². The van der Waals surface area contributed by atoms with Gasteiger partial charge in [-0.15, -0.1) is 0 Å². The molecule has 1 atom stereocenters. The van der Waals surface area contributed by atoms with Crippen molar-refractivity contribution < 1.29 is 5.11 Å². The first-order valence-electron chi connectivity index (χ1n) is 6.70. The Morgan fingerprint density at radius 3 is 2.52 bits per heavy atom. The van der Waals surface area contributed by atoms with Gasteiger partial charge in [0.15, 0.2) is 0 Å². The number of aromatic hydroxyl groups is 1. The summed E-state index contributed by atoms with van der Waals surface area (Å²) in [6.07, 6.45) is 0. The maximum absolute atomic E-state index is 9.94. The molecule has 21 heavy (non-hydrogen) atoms. The van der Waals surface area contributed by atoms with Crippen LogP contribution >= 0.6 is 0 Å². The highest BCUT2D eigenvalue weighted by molar-refractivity contribution is 5.71. The van der Waals surface area contributed by atoms with Crippen LogP contribution in [-0.4, -0.2) is 10.1 Å². The molecule has 1 aromatic heterocycles. The molecule has 5 heteroatoms. The van der Waals surface area contributed by atoms with Crippen LogP contribution in [0.4, 0.5) is 5.82 Å². The molecule has 0 radical (unpaired) electrons. The minimum Gasteiger partial charge on any atom is -0.507 e. The lowest BCUT2D eigenvalue weighted by molar-refractivity contribution is 0.477. The van der Waals surface area contributed by atoms with Crippen molar-refractivity contribution in [3.63, 3.8) is 0 Å². The van der Waals surface area contributed by atoms with Gasteiger partial charge in [-0.2, -0.15) is 5.26 Å². The molecule has 0 fully saturated rings. The van der Waals surface area contributed by atoms with E-state index in [1.807, 2.05) is 13.8 Å². The molecular weight excluding hydrogens is 264 g/mol. The summed E-state index contributed by atoms with van der Waals surface area (Å²) in [6, 6.07) is 10.3. The fourth-order valence-corrected chi connectivity index (χ4v) is 2.16. The second-order valence-corrected chi connectivity index (χ2v) is 5.26. The van der Waals surface area contributed by atoms with Crippen molar-refractivity contribution >= 4 is 5.82 Å². The van der Waals surface area contributed by atoms with E-state index in [0.29, 0.717) is 22.4 Å². The first kappa shape index (κ1) is 14.8. The Balaban J connectivity index is 2.67. The highest BCUT2D eigenvalue weighted by Crippen LogP contribution is 2.33. The zero-order valence-corrected chi connectivity index (χ0v) is 12.0. The normalized spacial score (nSPS) is 12.1. The highest BCUT2D eigenvalue weighted by atomic mass is 16.3. The second kappa shape index (κ2) is 5.81. The minimum atomic E-state index is -0.324. The topological polar surface area (TPSA) is 109 Å². The summed E-state index contributed by atoms with van der Waals surface area (Å²) in [5.41, 5.74) is 14.1. The number of phenolic OH excluding ortho intramolecular Hbond substituents is 1. The maximum Gasteiger partial charge on any atom is 0.142 e. The average Bonchev–Trinajstić information content (AvgIpc) is 2.46. The quantitative estimate of drug-likeness (QED) is 0.801. The van der Waals surface area contributed by atoms with Crippen molar-refractivity contribution in [2.75, 3.05) is 5.73 Å². The Hall–Kier alpha value is -2.58. The molecule has 0 aliphatic carbocycles. The lowest BCUT2D eigenvalue weighted by Crippen LogP contribution is -2.19. The van der Waals surface area contributed by atoms with E-state index in [4.69, 9.17) is 11.5 Å². The van der Waals surface area contributed by atoms with Gasteiger partial charge < -0.3 is 16.6 Å². The van der Waals surface area contributed by atoms with Crippen LogP contribution in [0, 0.1) is 17.2 Å². The number of para-hydroxylation sites is 1. The molecule has 108 valence electrons. The van der Waals surface area contributed by atoms with E-state index in [-0.39, 0.29) is 23.5 Å². The predicted octanol–water partition coefficient (Wildman–Crippen LogP) is 2.56. The summed E-state index contributed by atoms with van der Waals surface area (Å²) in [6.45, 7) is 3.95. The molecule has 5 N–H and O–H groups in total. The smallest absolute Gasteiger partial charge is 0.142 e. The Bertz CT molecular complexity index is 704. The third-order valence-corrected chi connectivity index (χ3v) is 3.45. The molecular formula is C16H18N4O. The monoisotopic (exact) mass is 282 g/mol. The van der Waals surface area contributed by atoms with Crippen molar-refractivity contribution in [1.29, 1.82) is 5.26 Å². The maximum atomic E-state index is 9.94. The SMILES string of the molecule is CC(C)C(N)c1cc(-c2ccccc2O)nc(N)c1C#N. The first-order valence-corrected chi connectivity index (χ1v) is 6.70. The van der Waals surface area contributed by atoms with Crippen molar-refractivity contribution in [2.45, 2.75) is 19.9 Å². The molecule has 1 heterocycles. The third-order valence-electron chi connectivity index (χ3n) is 3.45. The van der Waals surface area contributed by atoms with Crippen LogP contribution in [0.15, 0.2) is 30.3 Å². The third kappa shape index (κ3) is 2.81. The van der Waals surface area contributed by atoms with Crippen LogP contribution in [0.25, 0.3) is 11.3 Å². The molecule has 0 saturated carbocycles. The molecule has 2 aromatic rings. The number of nitriles is 1. The molecule has 1 unspecified atom stereocenters. The summed E-state index contributed by atoms with van der Waals surface area (Å²) in [5, 5.41) is 19.2. The predicted molar refractivity (Wildman–Crippen MR) is 82.2 cm³/mol. The largest absolute Gasteiger partial charge is 0.507 e. The van der Waals surface area contributed by atoms with E-state index >= 15 is 0 Å². The van der Waals surface area contributed by atoms with Crippen molar-refractivity contribution in [2.24, 2.45) is 11.7 Å². The van der Waals surface area contributed by atoms with Gasteiger partial charge in [-0.3, -0.25) is 0 Å². The molecule has 5 nitrogen and oxygen atoms in total. The van der Waals surface area contributed by atoms with Crippen LogP contribution in [0.2, 0.25) is 0 Å². The van der Waals surface area contributed by atoms with E-state index in [1.165, 1.54) is 0 Å². The average molecular weight is 282 g/mol. The van der Waals surface area contributed by atoms with E-state index in [0.717, 1.165) is 0 Å². The molecule has 1 aromatic carbocycles. The van der Waals surface area contributed by atoms with Gasteiger partial charge in [0, 0.05) is 11.6 Å². The number of pyridine rings is 1. The van der Waals surface area contributed by atoms with E-state index in [2.05, 4.69) is 11.1 Å². The summed E-state index contributed by atoms with van der Waals surface area (Å²) in [7, 11) is 0. The molecule has 0 aliphatic heterocycles. The first-order chi connectivity index (χ1) is 9.95. The molecule has 0 amide bonds. The number of hydrogen-bond donors (Lipinski definition) is 3.